The van der Waals surface area contributed by atoms with Crippen molar-refractivity contribution in [2.75, 3.05) is 0 Å². The van der Waals surface area contributed by atoms with Gasteiger partial charge in [0.1, 0.15) is 12.5 Å². The number of nitrogens with zero attached hydrogens (tertiary/aromatic N) is 1. The summed E-state index contributed by atoms with van der Waals surface area (Å²) >= 11 is 0. The Morgan fingerprint density at radius 2 is 1.18 bits per heavy atom. The number of hydrogen-bond acceptors (Lipinski definition) is 1. The first-order valence-corrected chi connectivity index (χ1v) is 11.3. The van der Waals surface area contributed by atoms with E-state index in [1.165, 1.54) is 12.1 Å². The van der Waals surface area contributed by atoms with Crippen molar-refractivity contribution in [1.82, 2.24) is 4.98 Å². The molecular weight excluding hydrogens is 424 g/mol. The van der Waals surface area contributed by atoms with Crippen LogP contribution >= 0.6 is 0 Å². The summed E-state index contributed by atoms with van der Waals surface area (Å²) in [6.45, 7) is -0.680. The van der Waals surface area contributed by atoms with E-state index in [0.717, 1.165) is 44.6 Å². The summed E-state index contributed by atoms with van der Waals surface area (Å²) < 4.78 is 28.4. The first-order chi connectivity index (χ1) is 16.7. The molecule has 0 saturated heterocycles. The van der Waals surface area contributed by atoms with E-state index < -0.39 is 12.1 Å². The van der Waals surface area contributed by atoms with Gasteiger partial charge in [-0.1, -0.05) is 97.1 Å². The van der Waals surface area contributed by atoms with Gasteiger partial charge >= 0.3 is 0 Å². The van der Waals surface area contributed by atoms with E-state index in [4.69, 9.17) is 4.98 Å². The van der Waals surface area contributed by atoms with Gasteiger partial charge in [0.05, 0.1) is 16.8 Å². The lowest BCUT2D eigenvalue weighted by Crippen LogP contribution is -2.30. The molecule has 5 aromatic rings. The van der Waals surface area contributed by atoms with Crippen molar-refractivity contribution in [2.24, 2.45) is 0 Å². The maximum atomic E-state index is 14.4. The molecule has 1 aliphatic rings. The standard InChI is InChI=1S/C31H21F2N/c32-20-29-24(21-8-2-1-3-9-21)18-19-30(34-29)31(22-14-16-23(33)17-15-22)27-12-6-4-10-25(27)26-11-5-7-13-28(26)31/h1-19H,20H2. The molecule has 0 unspecified atom stereocenters. The normalized spacial score (nSPS) is 13.4. The number of halogens is 2. The van der Waals surface area contributed by atoms with Gasteiger partial charge < -0.3 is 0 Å². The molecule has 1 aromatic heterocycles. The summed E-state index contributed by atoms with van der Waals surface area (Å²) in [6.07, 6.45) is 0. The van der Waals surface area contributed by atoms with Crippen molar-refractivity contribution in [3.05, 3.63) is 149 Å². The van der Waals surface area contributed by atoms with E-state index in [2.05, 4.69) is 24.3 Å². The van der Waals surface area contributed by atoms with Crippen LogP contribution in [0.15, 0.2) is 115 Å². The Kier molecular flexibility index (Phi) is 4.84. The minimum absolute atomic E-state index is 0.296. The number of alkyl halides is 1. The van der Waals surface area contributed by atoms with Gasteiger partial charge in [-0.25, -0.2) is 8.78 Å². The van der Waals surface area contributed by atoms with Crippen molar-refractivity contribution in [1.29, 1.82) is 0 Å². The summed E-state index contributed by atoms with van der Waals surface area (Å²) in [5, 5.41) is 0. The van der Waals surface area contributed by atoms with Gasteiger partial charge in [-0.2, -0.15) is 0 Å². The van der Waals surface area contributed by atoms with Crippen molar-refractivity contribution >= 4 is 0 Å². The monoisotopic (exact) mass is 445 g/mol. The van der Waals surface area contributed by atoms with Crippen molar-refractivity contribution in [3.8, 4) is 22.3 Å². The molecular formula is C31H21F2N. The van der Waals surface area contributed by atoms with Gasteiger partial charge in [-0.15, -0.1) is 0 Å². The Labute approximate surface area is 197 Å². The van der Waals surface area contributed by atoms with E-state index in [-0.39, 0.29) is 5.82 Å². The maximum absolute atomic E-state index is 14.4. The Morgan fingerprint density at radius 3 is 1.79 bits per heavy atom. The number of hydrogen-bond donors (Lipinski definition) is 0. The lowest BCUT2D eigenvalue weighted by atomic mass is 9.69. The molecule has 0 fully saturated rings. The summed E-state index contributed by atoms with van der Waals surface area (Å²) in [6, 6.07) is 36.8. The molecule has 0 N–H and O–H groups in total. The summed E-state index contributed by atoms with van der Waals surface area (Å²) in [5.74, 6) is -0.296. The second kappa shape index (κ2) is 8.03. The zero-order valence-corrected chi connectivity index (χ0v) is 18.4. The first-order valence-electron chi connectivity index (χ1n) is 11.3. The average Bonchev–Trinajstić information content (AvgIpc) is 3.21. The van der Waals surface area contributed by atoms with E-state index in [1.54, 1.807) is 0 Å². The van der Waals surface area contributed by atoms with Gasteiger partial charge in [-0.05, 0) is 51.6 Å². The Bertz CT molecular complexity index is 1440. The molecule has 0 aliphatic heterocycles. The molecule has 0 atom stereocenters. The molecule has 1 nitrogen and oxygen atoms in total. The van der Waals surface area contributed by atoms with Crippen LogP contribution < -0.4 is 0 Å². The summed E-state index contributed by atoms with van der Waals surface area (Å²) in [5.41, 5.74) is 7.29. The van der Waals surface area contributed by atoms with E-state index >= 15 is 0 Å². The quantitative estimate of drug-likeness (QED) is 0.271. The second-order valence-electron chi connectivity index (χ2n) is 8.54. The lowest BCUT2D eigenvalue weighted by Gasteiger charge is -2.33. The smallest absolute Gasteiger partial charge is 0.132 e. The van der Waals surface area contributed by atoms with E-state index in [1.807, 2.05) is 78.9 Å². The topological polar surface area (TPSA) is 12.9 Å². The van der Waals surface area contributed by atoms with Gasteiger partial charge in [0.15, 0.2) is 0 Å². The molecule has 0 amide bonds. The summed E-state index contributed by atoms with van der Waals surface area (Å²) in [4.78, 5) is 4.95. The first kappa shape index (κ1) is 20.5. The third kappa shape index (κ3) is 2.94. The van der Waals surface area contributed by atoms with Gasteiger partial charge in [0, 0.05) is 5.56 Å². The Hall–Kier alpha value is -4.11. The summed E-state index contributed by atoms with van der Waals surface area (Å²) in [7, 11) is 0. The second-order valence-corrected chi connectivity index (χ2v) is 8.54. The maximum Gasteiger partial charge on any atom is 0.132 e. The van der Waals surface area contributed by atoms with Crippen molar-refractivity contribution in [2.45, 2.75) is 12.1 Å². The average molecular weight is 446 g/mol. The molecule has 0 saturated carbocycles. The van der Waals surface area contributed by atoms with Crippen molar-refractivity contribution < 1.29 is 8.78 Å². The Balaban J connectivity index is 1.69. The van der Waals surface area contributed by atoms with E-state index in [0.29, 0.717) is 5.69 Å². The molecule has 164 valence electrons. The molecule has 1 heterocycles. The van der Waals surface area contributed by atoms with Crippen LogP contribution in [0.1, 0.15) is 28.1 Å². The van der Waals surface area contributed by atoms with Crippen LogP contribution in [-0.4, -0.2) is 4.98 Å². The number of fused-ring (bicyclic) bond motifs is 3. The molecule has 1 aliphatic carbocycles. The van der Waals surface area contributed by atoms with Gasteiger partial charge in [0.25, 0.3) is 0 Å². The highest BCUT2D eigenvalue weighted by Crippen LogP contribution is 2.55. The highest BCUT2D eigenvalue weighted by atomic mass is 19.1. The van der Waals surface area contributed by atoms with Crippen molar-refractivity contribution in [3.63, 3.8) is 0 Å². The van der Waals surface area contributed by atoms with Gasteiger partial charge in [-0.3, -0.25) is 4.98 Å². The fraction of sp³-hybridized carbons (Fsp3) is 0.0645. The molecule has 6 rings (SSSR count). The van der Waals surface area contributed by atoms with Crippen LogP contribution in [0.5, 0.6) is 0 Å². The van der Waals surface area contributed by atoms with Crippen LogP contribution in [0, 0.1) is 5.82 Å². The molecule has 3 heteroatoms. The Morgan fingerprint density at radius 1 is 0.588 bits per heavy atom. The number of rotatable bonds is 4. The third-order valence-electron chi connectivity index (χ3n) is 6.80. The van der Waals surface area contributed by atoms with Gasteiger partial charge in [0.2, 0.25) is 0 Å². The molecule has 0 radical (unpaired) electrons. The predicted octanol–water partition coefficient (Wildman–Crippen LogP) is 7.72. The van der Waals surface area contributed by atoms with Crippen LogP contribution in [0.3, 0.4) is 0 Å². The fourth-order valence-corrected chi connectivity index (χ4v) is 5.36. The molecule has 0 spiro atoms. The zero-order chi connectivity index (χ0) is 23.1. The van der Waals surface area contributed by atoms with Crippen LogP contribution in [0.4, 0.5) is 8.78 Å². The highest BCUT2D eigenvalue weighted by Gasteiger charge is 2.47. The number of benzene rings is 4. The zero-order valence-electron chi connectivity index (χ0n) is 18.4. The van der Waals surface area contributed by atoms with Crippen LogP contribution in [-0.2, 0) is 12.1 Å². The minimum atomic E-state index is -0.778. The SMILES string of the molecule is FCc1nc(C2(c3ccc(F)cc3)c3ccccc3-c3ccccc32)ccc1-c1ccccc1. The number of pyridine rings is 1. The molecule has 4 aromatic carbocycles. The fourth-order valence-electron chi connectivity index (χ4n) is 5.36. The lowest BCUT2D eigenvalue weighted by molar-refractivity contribution is 0.474. The van der Waals surface area contributed by atoms with Crippen LogP contribution in [0.25, 0.3) is 22.3 Å². The van der Waals surface area contributed by atoms with E-state index in [9.17, 15) is 8.78 Å². The molecule has 0 bridgehead atoms. The molecule has 34 heavy (non-hydrogen) atoms. The highest BCUT2D eigenvalue weighted by molar-refractivity contribution is 5.86. The third-order valence-corrected chi connectivity index (χ3v) is 6.80. The number of aromatic nitrogens is 1. The minimum Gasteiger partial charge on any atom is -0.253 e. The largest absolute Gasteiger partial charge is 0.253 e. The predicted molar refractivity (Wildman–Crippen MR) is 132 cm³/mol. The van der Waals surface area contributed by atoms with Crippen LogP contribution in [0.2, 0.25) is 0 Å².